The molecule has 0 aliphatic carbocycles. The van der Waals surface area contributed by atoms with Gasteiger partial charge in [-0.05, 0) is 44.1 Å². The first-order chi connectivity index (χ1) is 13.1. The molecule has 7 nitrogen and oxygen atoms in total. The highest BCUT2D eigenvalue weighted by Gasteiger charge is 2.35. The van der Waals surface area contributed by atoms with Crippen LogP contribution in [0.4, 0.5) is 0 Å². The van der Waals surface area contributed by atoms with E-state index in [0.29, 0.717) is 24.5 Å². The van der Waals surface area contributed by atoms with Crippen molar-refractivity contribution in [3.63, 3.8) is 0 Å². The highest BCUT2D eigenvalue weighted by Crippen LogP contribution is 2.20. The first-order valence-electron chi connectivity index (χ1n) is 9.39. The van der Waals surface area contributed by atoms with Crippen molar-refractivity contribution in [2.75, 3.05) is 26.3 Å². The minimum absolute atomic E-state index is 0.0283. The number of rotatable bonds is 4. The number of aromatic nitrogens is 2. The van der Waals surface area contributed by atoms with Gasteiger partial charge < -0.3 is 10.1 Å². The van der Waals surface area contributed by atoms with Gasteiger partial charge in [0.25, 0.3) is 11.5 Å². The number of hydrogen-bond donors (Lipinski definition) is 1. The minimum Gasteiger partial charge on any atom is -0.378 e. The number of carbonyl (C=O) groups excluding carboxylic acids is 1. The Hall–Kier alpha value is -2.51. The Labute approximate surface area is 157 Å². The van der Waals surface area contributed by atoms with Gasteiger partial charge in [-0.3, -0.25) is 14.5 Å². The Balaban J connectivity index is 1.44. The van der Waals surface area contributed by atoms with E-state index >= 15 is 0 Å². The van der Waals surface area contributed by atoms with E-state index in [2.05, 4.69) is 15.3 Å². The van der Waals surface area contributed by atoms with Crippen molar-refractivity contribution in [2.45, 2.75) is 24.9 Å². The van der Waals surface area contributed by atoms with Crippen LogP contribution in [0.3, 0.4) is 0 Å². The molecule has 1 amide bonds. The summed E-state index contributed by atoms with van der Waals surface area (Å²) in [5, 5.41) is 7.37. The fourth-order valence-electron chi connectivity index (χ4n) is 3.81. The summed E-state index contributed by atoms with van der Waals surface area (Å²) in [7, 11) is 1.62. The minimum atomic E-state index is -0.152. The lowest BCUT2D eigenvalue weighted by molar-refractivity contribution is 0.0916. The number of nitrogens with one attached hydrogen (secondary N) is 1. The zero-order valence-electron chi connectivity index (χ0n) is 15.4. The maximum atomic E-state index is 12.7. The predicted octanol–water partition coefficient (Wildman–Crippen LogP) is 1.04. The quantitative estimate of drug-likeness (QED) is 0.873. The van der Waals surface area contributed by atoms with Crippen LogP contribution in [0.25, 0.3) is 11.3 Å². The molecular formula is C20H24N4O3. The average Bonchev–Trinajstić information content (AvgIpc) is 3.35. The van der Waals surface area contributed by atoms with Gasteiger partial charge in [-0.15, -0.1) is 0 Å². The van der Waals surface area contributed by atoms with Crippen molar-refractivity contribution < 1.29 is 9.53 Å². The molecule has 1 aromatic heterocycles. The molecule has 142 valence electrons. The highest BCUT2D eigenvalue weighted by atomic mass is 16.5. The third-order valence-electron chi connectivity index (χ3n) is 5.38. The molecule has 7 heteroatoms. The van der Waals surface area contributed by atoms with Crippen LogP contribution in [-0.4, -0.2) is 59.0 Å². The number of likely N-dealkylation sites (tertiary alicyclic amines) is 1. The van der Waals surface area contributed by atoms with Crippen LogP contribution in [0, 0.1) is 0 Å². The molecule has 3 heterocycles. The van der Waals surface area contributed by atoms with E-state index in [0.717, 1.165) is 18.7 Å². The van der Waals surface area contributed by atoms with Gasteiger partial charge in [-0.1, -0.05) is 12.1 Å². The molecule has 2 aromatic rings. The SMILES string of the molecule is Cn1nc(-c2ccc(C(=O)N[C@H]3COC[C@@H]3N3CCCC3)cc2)ccc1=O. The largest absolute Gasteiger partial charge is 0.378 e. The number of aryl methyl sites for hydroxylation is 1. The number of benzene rings is 1. The van der Waals surface area contributed by atoms with Crippen LogP contribution in [-0.2, 0) is 11.8 Å². The molecule has 2 fully saturated rings. The topological polar surface area (TPSA) is 76.5 Å². The first kappa shape index (κ1) is 17.9. The summed E-state index contributed by atoms with van der Waals surface area (Å²) in [6.45, 7) is 3.42. The molecule has 2 aliphatic rings. The molecule has 1 N–H and O–H groups in total. The lowest BCUT2D eigenvalue weighted by Crippen LogP contribution is -2.50. The fraction of sp³-hybridized carbons (Fsp3) is 0.450. The normalized spacial score (nSPS) is 22.9. The van der Waals surface area contributed by atoms with Crippen LogP contribution in [0.2, 0.25) is 0 Å². The lowest BCUT2D eigenvalue weighted by atomic mass is 10.1. The van der Waals surface area contributed by atoms with Gasteiger partial charge in [0, 0.05) is 24.2 Å². The van der Waals surface area contributed by atoms with Gasteiger partial charge in [0.05, 0.1) is 31.0 Å². The standard InChI is InChI=1S/C20H24N4O3/c1-23-19(25)9-8-16(22-23)14-4-6-15(7-5-14)20(26)21-17-12-27-13-18(17)24-10-2-3-11-24/h4-9,17-18H,2-3,10-13H2,1H3,(H,21,26)/t17-,18-/m0/s1. The molecular weight excluding hydrogens is 344 g/mol. The molecule has 0 saturated carbocycles. The monoisotopic (exact) mass is 368 g/mol. The third kappa shape index (κ3) is 3.79. The van der Waals surface area contributed by atoms with Gasteiger partial charge in [0.15, 0.2) is 0 Å². The molecule has 2 aliphatic heterocycles. The fourth-order valence-corrected chi connectivity index (χ4v) is 3.81. The Morgan fingerprint density at radius 3 is 2.56 bits per heavy atom. The molecule has 27 heavy (non-hydrogen) atoms. The number of nitrogens with zero attached hydrogens (tertiary/aromatic N) is 3. The summed E-state index contributed by atoms with van der Waals surface area (Å²) in [5.41, 5.74) is 2.01. The highest BCUT2D eigenvalue weighted by molar-refractivity contribution is 5.94. The number of hydrogen-bond acceptors (Lipinski definition) is 5. The first-order valence-corrected chi connectivity index (χ1v) is 9.39. The zero-order chi connectivity index (χ0) is 18.8. The summed E-state index contributed by atoms with van der Waals surface area (Å²) < 4.78 is 6.92. The Morgan fingerprint density at radius 2 is 1.85 bits per heavy atom. The van der Waals surface area contributed by atoms with Gasteiger partial charge in [-0.2, -0.15) is 5.10 Å². The molecule has 0 spiro atoms. The molecule has 0 radical (unpaired) electrons. The molecule has 0 bridgehead atoms. The second-order valence-electron chi connectivity index (χ2n) is 7.19. The van der Waals surface area contributed by atoms with E-state index in [9.17, 15) is 9.59 Å². The van der Waals surface area contributed by atoms with E-state index in [1.54, 1.807) is 25.2 Å². The lowest BCUT2D eigenvalue weighted by Gasteiger charge is -2.27. The molecule has 2 atom stereocenters. The summed E-state index contributed by atoms with van der Waals surface area (Å²) in [6.07, 6.45) is 2.44. The van der Waals surface area contributed by atoms with E-state index < -0.39 is 0 Å². The zero-order valence-corrected chi connectivity index (χ0v) is 15.4. The van der Waals surface area contributed by atoms with Crippen LogP contribution >= 0.6 is 0 Å². The van der Waals surface area contributed by atoms with Crippen LogP contribution in [0.5, 0.6) is 0 Å². The average molecular weight is 368 g/mol. The Kier molecular flexibility index (Phi) is 5.05. The summed E-state index contributed by atoms with van der Waals surface area (Å²) in [6, 6.07) is 10.8. The van der Waals surface area contributed by atoms with Crippen LogP contribution in [0.15, 0.2) is 41.2 Å². The van der Waals surface area contributed by atoms with Gasteiger partial charge in [0.1, 0.15) is 0 Å². The van der Waals surface area contributed by atoms with E-state index in [4.69, 9.17) is 4.74 Å². The second-order valence-corrected chi connectivity index (χ2v) is 7.19. The Bertz CT molecular complexity index is 872. The molecule has 0 unspecified atom stereocenters. The molecule has 1 aromatic carbocycles. The Morgan fingerprint density at radius 1 is 1.11 bits per heavy atom. The maximum Gasteiger partial charge on any atom is 0.266 e. The summed E-state index contributed by atoms with van der Waals surface area (Å²) >= 11 is 0. The summed E-state index contributed by atoms with van der Waals surface area (Å²) in [4.78, 5) is 26.6. The van der Waals surface area contributed by atoms with Crippen molar-refractivity contribution in [2.24, 2.45) is 7.05 Å². The van der Waals surface area contributed by atoms with Gasteiger partial charge in [0.2, 0.25) is 0 Å². The number of amides is 1. The van der Waals surface area contributed by atoms with Crippen LogP contribution < -0.4 is 10.9 Å². The number of ether oxygens (including phenoxy) is 1. The third-order valence-corrected chi connectivity index (χ3v) is 5.38. The van der Waals surface area contributed by atoms with Gasteiger partial charge >= 0.3 is 0 Å². The van der Waals surface area contributed by atoms with Crippen molar-refractivity contribution in [1.29, 1.82) is 0 Å². The van der Waals surface area contributed by atoms with Crippen molar-refractivity contribution >= 4 is 5.91 Å². The van der Waals surface area contributed by atoms with Crippen molar-refractivity contribution in [3.05, 3.63) is 52.3 Å². The van der Waals surface area contributed by atoms with Crippen molar-refractivity contribution in [1.82, 2.24) is 20.0 Å². The van der Waals surface area contributed by atoms with Gasteiger partial charge in [-0.25, -0.2) is 4.68 Å². The molecule has 4 rings (SSSR count). The van der Waals surface area contributed by atoms with E-state index in [1.165, 1.54) is 23.6 Å². The van der Waals surface area contributed by atoms with E-state index in [1.807, 2.05) is 12.1 Å². The van der Waals surface area contributed by atoms with Crippen LogP contribution in [0.1, 0.15) is 23.2 Å². The predicted molar refractivity (Wildman–Crippen MR) is 102 cm³/mol. The van der Waals surface area contributed by atoms with E-state index in [-0.39, 0.29) is 23.6 Å². The second kappa shape index (κ2) is 7.62. The summed E-state index contributed by atoms with van der Waals surface area (Å²) in [5.74, 6) is -0.0883. The number of carbonyl (C=O) groups is 1. The van der Waals surface area contributed by atoms with Crippen molar-refractivity contribution in [3.8, 4) is 11.3 Å². The smallest absolute Gasteiger partial charge is 0.266 e. The maximum absolute atomic E-state index is 12.7. The molecule has 2 saturated heterocycles.